The van der Waals surface area contributed by atoms with E-state index in [0.717, 1.165) is 4.52 Å². The first kappa shape index (κ1) is 14.8. The number of aromatic nitrogens is 4. The Kier molecular flexibility index (Phi) is 3.80. The van der Waals surface area contributed by atoms with Gasteiger partial charge in [-0.3, -0.25) is 20.0 Å². The third-order valence-corrected chi connectivity index (χ3v) is 3.13. The number of benzene rings is 1. The lowest BCUT2D eigenvalue weighted by Crippen LogP contribution is -2.30. The molecule has 1 atom stereocenters. The normalized spacial score (nSPS) is 12.1. The van der Waals surface area contributed by atoms with E-state index in [1.165, 1.54) is 6.07 Å². The highest BCUT2D eigenvalue weighted by Gasteiger charge is 2.17. The van der Waals surface area contributed by atoms with Gasteiger partial charge >= 0.3 is 0 Å². The van der Waals surface area contributed by atoms with Crippen molar-refractivity contribution >= 4 is 17.6 Å². The van der Waals surface area contributed by atoms with Crippen molar-refractivity contribution in [3.63, 3.8) is 0 Å². The number of carbonyl (C=O) groups excluding carboxylic acids is 1. The molecular weight excluding hydrogens is 298 g/mol. The topological polar surface area (TPSA) is 101 Å². The summed E-state index contributed by atoms with van der Waals surface area (Å²) < 4.78 is 6.69. The van der Waals surface area contributed by atoms with Crippen LogP contribution >= 0.6 is 0 Å². The summed E-state index contributed by atoms with van der Waals surface area (Å²) in [6.07, 6.45) is -0.725. The van der Waals surface area contributed by atoms with Gasteiger partial charge in [0.2, 0.25) is 5.95 Å². The number of ether oxygens (including phenoxy) is 1. The third-order valence-electron chi connectivity index (χ3n) is 3.13. The molecule has 0 aliphatic rings. The number of fused-ring (bicyclic) bond motifs is 1. The van der Waals surface area contributed by atoms with Gasteiger partial charge in [0.05, 0.1) is 0 Å². The number of aromatic amines is 1. The largest absolute Gasteiger partial charge is 0.481 e. The summed E-state index contributed by atoms with van der Waals surface area (Å²) in [5.41, 5.74) is 0.259. The Balaban J connectivity index is 1.75. The number of amides is 1. The van der Waals surface area contributed by atoms with Gasteiger partial charge < -0.3 is 4.74 Å². The fourth-order valence-electron chi connectivity index (χ4n) is 2.02. The molecule has 8 heteroatoms. The maximum atomic E-state index is 12.1. The highest BCUT2D eigenvalue weighted by Crippen LogP contribution is 2.11. The van der Waals surface area contributed by atoms with Crippen molar-refractivity contribution in [2.24, 2.45) is 0 Å². The number of hydrogen-bond donors (Lipinski definition) is 2. The molecule has 0 fully saturated rings. The lowest BCUT2D eigenvalue weighted by Gasteiger charge is -2.13. The van der Waals surface area contributed by atoms with E-state index in [0.29, 0.717) is 11.4 Å². The van der Waals surface area contributed by atoms with Gasteiger partial charge in [0.1, 0.15) is 5.75 Å². The number of aryl methyl sites for hydroxylation is 1. The van der Waals surface area contributed by atoms with Crippen LogP contribution in [0, 0.1) is 6.92 Å². The van der Waals surface area contributed by atoms with Crippen molar-refractivity contribution in [3.05, 3.63) is 52.4 Å². The van der Waals surface area contributed by atoms with E-state index in [4.69, 9.17) is 4.74 Å². The van der Waals surface area contributed by atoms with Crippen LogP contribution in [0.15, 0.2) is 41.2 Å². The van der Waals surface area contributed by atoms with Crippen LogP contribution in [0.25, 0.3) is 5.78 Å². The molecular formula is C15H15N5O3. The monoisotopic (exact) mass is 313 g/mol. The fourth-order valence-corrected chi connectivity index (χ4v) is 2.02. The number of para-hydroxylation sites is 1. The highest BCUT2D eigenvalue weighted by atomic mass is 16.5. The number of nitrogens with zero attached hydrogens (tertiary/aromatic N) is 3. The predicted octanol–water partition coefficient (Wildman–Crippen LogP) is 1.13. The zero-order valence-electron chi connectivity index (χ0n) is 12.6. The van der Waals surface area contributed by atoms with Crippen LogP contribution in [-0.4, -0.2) is 31.6 Å². The zero-order valence-corrected chi connectivity index (χ0v) is 12.6. The quantitative estimate of drug-likeness (QED) is 0.752. The average molecular weight is 313 g/mol. The number of anilines is 1. The van der Waals surface area contributed by atoms with Crippen LogP contribution < -0.4 is 15.6 Å². The molecule has 23 heavy (non-hydrogen) atoms. The van der Waals surface area contributed by atoms with Crippen LogP contribution in [0.4, 0.5) is 5.95 Å². The molecule has 1 unspecified atom stereocenters. The number of rotatable bonds is 4. The van der Waals surface area contributed by atoms with Gasteiger partial charge in [-0.05, 0) is 26.0 Å². The lowest BCUT2D eigenvalue weighted by molar-refractivity contribution is -0.122. The van der Waals surface area contributed by atoms with Crippen molar-refractivity contribution in [2.75, 3.05) is 5.32 Å². The summed E-state index contributed by atoms with van der Waals surface area (Å²) in [5.74, 6) is 0.529. The van der Waals surface area contributed by atoms with Crippen LogP contribution in [0.5, 0.6) is 5.75 Å². The fraction of sp³-hybridized carbons (Fsp3) is 0.200. The molecule has 0 aliphatic heterocycles. The minimum atomic E-state index is -0.725. The Morgan fingerprint density at radius 1 is 1.30 bits per heavy atom. The zero-order chi connectivity index (χ0) is 16.4. The molecule has 3 rings (SSSR count). The van der Waals surface area contributed by atoms with E-state index < -0.39 is 12.0 Å². The molecule has 1 amide bonds. The summed E-state index contributed by atoms with van der Waals surface area (Å²) in [4.78, 5) is 32.1. The van der Waals surface area contributed by atoms with Crippen molar-refractivity contribution in [1.82, 2.24) is 19.6 Å². The van der Waals surface area contributed by atoms with Crippen LogP contribution in [-0.2, 0) is 4.79 Å². The average Bonchev–Trinajstić information content (AvgIpc) is 2.91. The Bertz CT molecular complexity index is 900. The van der Waals surface area contributed by atoms with Crippen LogP contribution in [0.2, 0.25) is 0 Å². The van der Waals surface area contributed by atoms with E-state index in [9.17, 15) is 9.59 Å². The van der Waals surface area contributed by atoms with E-state index in [-0.39, 0.29) is 17.3 Å². The van der Waals surface area contributed by atoms with Crippen molar-refractivity contribution in [3.8, 4) is 5.75 Å². The maximum absolute atomic E-state index is 12.1. The molecule has 0 aliphatic carbocycles. The summed E-state index contributed by atoms with van der Waals surface area (Å²) in [7, 11) is 0. The number of hydrogen-bond acceptors (Lipinski definition) is 5. The van der Waals surface area contributed by atoms with Crippen molar-refractivity contribution in [2.45, 2.75) is 20.0 Å². The van der Waals surface area contributed by atoms with Gasteiger partial charge in [-0.25, -0.2) is 4.98 Å². The molecule has 2 heterocycles. The number of carbonyl (C=O) groups is 1. The maximum Gasteiger partial charge on any atom is 0.274 e. The molecule has 0 radical (unpaired) electrons. The second-order valence-corrected chi connectivity index (χ2v) is 5.01. The first-order valence-corrected chi connectivity index (χ1v) is 7.02. The Hall–Kier alpha value is -3.16. The van der Waals surface area contributed by atoms with E-state index in [2.05, 4.69) is 20.4 Å². The molecule has 3 aromatic rings. The molecule has 2 aromatic heterocycles. The second-order valence-electron chi connectivity index (χ2n) is 5.01. The van der Waals surface area contributed by atoms with Crippen molar-refractivity contribution < 1.29 is 9.53 Å². The van der Waals surface area contributed by atoms with Crippen LogP contribution in [0.3, 0.4) is 0 Å². The van der Waals surface area contributed by atoms with E-state index >= 15 is 0 Å². The standard InChI is InChI=1S/C15H15N5O3/c1-9-8-12(21)20-15(16-9)18-14(19-20)17-13(22)10(2)23-11-6-4-3-5-7-11/h3-8,10H,1-2H3,(H2,16,17,18,19,22). The van der Waals surface area contributed by atoms with Gasteiger partial charge in [-0.15, -0.1) is 0 Å². The van der Waals surface area contributed by atoms with Gasteiger partial charge in [-0.1, -0.05) is 18.2 Å². The smallest absolute Gasteiger partial charge is 0.274 e. The van der Waals surface area contributed by atoms with Crippen molar-refractivity contribution in [1.29, 1.82) is 0 Å². The Labute approximate surface area is 131 Å². The first-order valence-electron chi connectivity index (χ1n) is 7.02. The molecule has 0 saturated heterocycles. The van der Waals surface area contributed by atoms with Gasteiger partial charge in [0.25, 0.3) is 17.2 Å². The number of nitrogens with one attached hydrogen (secondary N) is 2. The Morgan fingerprint density at radius 2 is 2.04 bits per heavy atom. The van der Waals surface area contributed by atoms with E-state index in [1.54, 1.807) is 26.0 Å². The molecule has 0 spiro atoms. The molecule has 0 saturated carbocycles. The minimum Gasteiger partial charge on any atom is -0.481 e. The minimum absolute atomic E-state index is 0.133. The lowest BCUT2D eigenvalue weighted by atomic mass is 10.3. The summed E-state index contributed by atoms with van der Waals surface area (Å²) in [6.45, 7) is 3.32. The first-order chi connectivity index (χ1) is 11.0. The Morgan fingerprint density at radius 3 is 2.78 bits per heavy atom. The van der Waals surface area contributed by atoms with Crippen LogP contribution in [0.1, 0.15) is 12.6 Å². The number of H-pyrrole nitrogens is 1. The molecule has 8 nitrogen and oxygen atoms in total. The third kappa shape index (κ3) is 3.20. The molecule has 1 aromatic carbocycles. The summed E-state index contributed by atoms with van der Waals surface area (Å²) in [5, 5.41) is 5.25. The van der Waals surface area contributed by atoms with Gasteiger partial charge in [0.15, 0.2) is 6.10 Å². The molecule has 118 valence electrons. The molecule has 0 bridgehead atoms. The second kappa shape index (κ2) is 5.91. The highest BCUT2D eigenvalue weighted by molar-refractivity contribution is 5.92. The van der Waals surface area contributed by atoms with Gasteiger partial charge in [0, 0.05) is 11.8 Å². The predicted molar refractivity (Wildman–Crippen MR) is 83.5 cm³/mol. The summed E-state index contributed by atoms with van der Waals surface area (Å²) in [6, 6.07) is 10.4. The summed E-state index contributed by atoms with van der Waals surface area (Å²) >= 11 is 0. The van der Waals surface area contributed by atoms with E-state index in [1.807, 2.05) is 18.2 Å². The van der Waals surface area contributed by atoms with Gasteiger partial charge in [-0.2, -0.15) is 9.50 Å². The molecule has 2 N–H and O–H groups in total. The SMILES string of the molecule is Cc1cc(=O)n2[nH]c(NC(=O)C(C)Oc3ccccc3)nc2n1.